The van der Waals surface area contributed by atoms with E-state index in [0.717, 1.165) is 75.9 Å². The Morgan fingerprint density at radius 3 is 2.29 bits per heavy atom. The summed E-state index contributed by atoms with van der Waals surface area (Å²) in [6.07, 6.45) is 3.46. The van der Waals surface area contributed by atoms with Gasteiger partial charge in [0.2, 0.25) is 0 Å². The summed E-state index contributed by atoms with van der Waals surface area (Å²) in [4.78, 5) is 21.4. The highest BCUT2D eigenvalue weighted by atomic mass is 127. The molecule has 0 radical (unpaired) electrons. The first-order valence-electron chi connectivity index (χ1n) is 11.2. The van der Waals surface area contributed by atoms with Crippen LogP contribution in [0, 0.1) is 0 Å². The summed E-state index contributed by atoms with van der Waals surface area (Å²) in [6, 6.07) is 7.92. The molecule has 0 saturated carbocycles. The molecule has 1 amide bonds. The van der Waals surface area contributed by atoms with Crippen LogP contribution >= 0.6 is 24.0 Å². The van der Waals surface area contributed by atoms with Crippen LogP contribution in [0.15, 0.2) is 29.3 Å². The predicted octanol–water partition coefficient (Wildman–Crippen LogP) is 2.71. The molecule has 2 aliphatic rings. The smallest absolute Gasteiger partial charge is 0.253 e. The van der Waals surface area contributed by atoms with E-state index in [1.807, 2.05) is 29.2 Å². The SMILES string of the molecule is CN=C(NCc1ccc(C(=O)N2CCCCC2)cc1)NCC(C)(C)N1CCOCC1.I. The highest BCUT2D eigenvalue weighted by Gasteiger charge is 2.28. The first kappa shape index (κ1) is 25.9. The number of benzene rings is 1. The Kier molecular flexibility index (Phi) is 10.5. The molecule has 2 aliphatic heterocycles. The maximum atomic E-state index is 12.6. The van der Waals surface area contributed by atoms with Crippen molar-refractivity contribution in [1.29, 1.82) is 0 Å². The molecule has 0 spiro atoms. The number of rotatable bonds is 6. The van der Waals surface area contributed by atoms with Crippen LogP contribution in [0.25, 0.3) is 0 Å². The zero-order valence-corrected chi connectivity index (χ0v) is 21.5. The topological polar surface area (TPSA) is 69.2 Å². The fourth-order valence-corrected chi connectivity index (χ4v) is 4.03. The van der Waals surface area contributed by atoms with Crippen LogP contribution in [0.1, 0.15) is 49.0 Å². The minimum Gasteiger partial charge on any atom is -0.379 e. The van der Waals surface area contributed by atoms with Gasteiger partial charge in [0.1, 0.15) is 0 Å². The van der Waals surface area contributed by atoms with E-state index in [9.17, 15) is 4.79 Å². The van der Waals surface area contributed by atoms with E-state index >= 15 is 0 Å². The van der Waals surface area contributed by atoms with Gasteiger partial charge in [-0.2, -0.15) is 0 Å². The molecule has 0 aromatic heterocycles. The molecule has 0 bridgehead atoms. The van der Waals surface area contributed by atoms with Crippen LogP contribution in [0.2, 0.25) is 0 Å². The van der Waals surface area contributed by atoms with Crippen molar-refractivity contribution in [3.8, 4) is 0 Å². The van der Waals surface area contributed by atoms with Gasteiger partial charge >= 0.3 is 0 Å². The third-order valence-corrected chi connectivity index (χ3v) is 6.08. The number of carbonyl (C=O) groups is 1. The van der Waals surface area contributed by atoms with Gasteiger partial charge in [-0.1, -0.05) is 12.1 Å². The summed E-state index contributed by atoms with van der Waals surface area (Å²) in [5.74, 6) is 0.932. The number of ether oxygens (including phenoxy) is 1. The van der Waals surface area contributed by atoms with E-state index in [1.165, 1.54) is 6.42 Å². The van der Waals surface area contributed by atoms with Gasteiger partial charge in [-0.15, -0.1) is 24.0 Å². The third kappa shape index (κ3) is 7.61. The summed E-state index contributed by atoms with van der Waals surface area (Å²) in [5, 5.41) is 6.82. The van der Waals surface area contributed by atoms with Crippen molar-refractivity contribution >= 4 is 35.8 Å². The molecule has 174 valence electrons. The lowest BCUT2D eigenvalue weighted by Crippen LogP contribution is -2.56. The van der Waals surface area contributed by atoms with Gasteiger partial charge in [0, 0.05) is 57.4 Å². The average molecular weight is 543 g/mol. The number of morpholine rings is 1. The molecule has 8 heteroatoms. The van der Waals surface area contributed by atoms with Gasteiger partial charge in [0.05, 0.1) is 13.2 Å². The Morgan fingerprint density at radius 1 is 1.03 bits per heavy atom. The Hall–Kier alpha value is -1.39. The molecule has 7 nitrogen and oxygen atoms in total. The maximum absolute atomic E-state index is 12.6. The quantitative estimate of drug-likeness (QED) is 0.328. The van der Waals surface area contributed by atoms with Gasteiger partial charge in [-0.3, -0.25) is 14.7 Å². The second-order valence-corrected chi connectivity index (χ2v) is 8.74. The Balaban J connectivity index is 0.00000341. The molecule has 1 aromatic carbocycles. The summed E-state index contributed by atoms with van der Waals surface area (Å²) in [5.41, 5.74) is 1.92. The standard InChI is InChI=1S/C23H37N5O2.HI/c1-23(2,28-13-15-30-16-14-28)18-26-22(24-3)25-17-19-7-9-20(10-8-19)21(29)27-11-5-4-6-12-27;/h7-10H,4-6,11-18H2,1-3H3,(H2,24,25,26);1H. The Bertz CT molecular complexity index is 711. The fourth-order valence-electron chi connectivity index (χ4n) is 4.03. The van der Waals surface area contributed by atoms with Crippen LogP contribution in [0.5, 0.6) is 0 Å². The van der Waals surface area contributed by atoms with Crippen molar-refractivity contribution in [2.75, 3.05) is 53.0 Å². The monoisotopic (exact) mass is 543 g/mol. The second-order valence-electron chi connectivity index (χ2n) is 8.74. The van der Waals surface area contributed by atoms with Crippen molar-refractivity contribution in [1.82, 2.24) is 20.4 Å². The summed E-state index contributed by atoms with van der Waals surface area (Å²) in [7, 11) is 1.79. The molecule has 3 rings (SSSR count). The van der Waals surface area contributed by atoms with Crippen LogP contribution < -0.4 is 10.6 Å². The molecule has 2 N–H and O–H groups in total. The van der Waals surface area contributed by atoms with Crippen LogP contribution in [-0.2, 0) is 11.3 Å². The van der Waals surface area contributed by atoms with E-state index in [1.54, 1.807) is 7.05 Å². The molecular formula is C23H38IN5O2. The zero-order chi connectivity index (χ0) is 21.4. The van der Waals surface area contributed by atoms with Gasteiger partial charge in [-0.05, 0) is 50.8 Å². The minimum absolute atomic E-state index is 0. The number of amides is 1. The zero-order valence-electron chi connectivity index (χ0n) is 19.2. The highest BCUT2D eigenvalue weighted by molar-refractivity contribution is 14.0. The highest BCUT2D eigenvalue weighted by Crippen LogP contribution is 2.15. The fraction of sp³-hybridized carbons (Fsp3) is 0.652. The van der Waals surface area contributed by atoms with Crippen molar-refractivity contribution in [3.05, 3.63) is 35.4 Å². The van der Waals surface area contributed by atoms with E-state index in [2.05, 4.69) is 34.4 Å². The molecule has 0 unspecified atom stereocenters. The number of halogens is 1. The van der Waals surface area contributed by atoms with Crippen molar-refractivity contribution in [3.63, 3.8) is 0 Å². The number of carbonyl (C=O) groups excluding carboxylic acids is 1. The normalized spacial score (nSPS) is 18.3. The lowest BCUT2D eigenvalue weighted by Gasteiger charge is -2.41. The van der Waals surface area contributed by atoms with Gasteiger partial charge in [-0.25, -0.2) is 0 Å². The van der Waals surface area contributed by atoms with Gasteiger partial charge < -0.3 is 20.3 Å². The lowest BCUT2D eigenvalue weighted by atomic mass is 10.0. The summed E-state index contributed by atoms with van der Waals surface area (Å²) in [6.45, 7) is 11.2. The van der Waals surface area contributed by atoms with E-state index in [4.69, 9.17) is 4.74 Å². The summed E-state index contributed by atoms with van der Waals surface area (Å²) < 4.78 is 5.46. The average Bonchev–Trinajstić information content (AvgIpc) is 2.80. The molecule has 2 fully saturated rings. The molecule has 0 aliphatic carbocycles. The molecule has 1 aromatic rings. The van der Waals surface area contributed by atoms with Gasteiger partial charge in [0.25, 0.3) is 5.91 Å². The largest absolute Gasteiger partial charge is 0.379 e. The van der Waals surface area contributed by atoms with Crippen molar-refractivity contribution in [2.24, 2.45) is 4.99 Å². The van der Waals surface area contributed by atoms with Crippen molar-refractivity contribution in [2.45, 2.75) is 45.2 Å². The third-order valence-electron chi connectivity index (χ3n) is 6.08. The first-order valence-corrected chi connectivity index (χ1v) is 11.2. The Labute approximate surface area is 204 Å². The molecule has 0 atom stereocenters. The van der Waals surface area contributed by atoms with E-state index in [-0.39, 0.29) is 35.4 Å². The first-order chi connectivity index (χ1) is 14.5. The maximum Gasteiger partial charge on any atom is 0.253 e. The number of guanidine groups is 1. The predicted molar refractivity (Wildman–Crippen MR) is 136 cm³/mol. The Morgan fingerprint density at radius 2 is 1.68 bits per heavy atom. The van der Waals surface area contributed by atoms with Crippen molar-refractivity contribution < 1.29 is 9.53 Å². The minimum atomic E-state index is 0. The van der Waals surface area contributed by atoms with Crippen LogP contribution in [-0.4, -0.2) is 80.2 Å². The van der Waals surface area contributed by atoms with Crippen LogP contribution in [0.4, 0.5) is 0 Å². The number of aliphatic imine (C=N–C) groups is 1. The molecule has 31 heavy (non-hydrogen) atoms. The van der Waals surface area contributed by atoms with E-state index < -0.39 is 0 Å². The van der Waals surface area contributed by atoms with Crippen LogP contribution in [0.3, 0.4) is 0 Å². The lowest BCUT2D eigenvalue weighted by molar-refractivity contribution is -0.00834. The number of piperidine rings is 1. The number of likely N-dealkylation sites (tertiary alicyclic amines) is 1. The molecular weight excluding hydrogens is 505 g/mol. The number of nitrogens with one attached hydrogen (secondary N) is 2. The van der Waals surface area contributed by atoms with E-state index in [0.29, 0.717) is 6.54 Å². The number of hydrogen-bond donors (Lipinski definition) is 2. The second kappa shape index (κ2) is 12.6. The van der Waals surface area contributed by atoms with Gasteiger partial charge in [0.15, 0.2) is 5.96 Å². The number of hydrogen-bond acceptors (Lipinski definition) is 4. The molecule has 2 heterocycles. The molecule has 2 saturated heterocycles. The number of nitrogens with zero attached hydrogens (tertiary/aromatic N) is 3. The summed E-state index contributed by atoms with van der Waals surface area (Å²) >= 11 is 0.